The molecule has 1 aliphatic carbocycles. The SMILES string of the molecule is Cn1nnc(CN2CCNC3(CCCCC3)C2)n1. The van der Waals surface area contributed by atoms with Crippen molar-refractivity contribution in [3.63, 3.8) is 0 Å². The van der Waals surface area contributed by atoms with Crippen LogP contribution in [0.15, 0.2) is 0 Å². The lowest BCUT2D eigenvalue weighted by Crippen LogP contribution is -2.60. The molecule has 1 spiro atoms. The van der Waals surface area contributed by atoms with Crippen molar-refractivity contribution < 1.29 is 0 Å². The molecule has 1 aliphatic heterocycles. The number of nitrogens with one attached hydrogen (secondary N) is 1. The van der Waals surface area contributed by atoms with Crippen LogP contribution in [0.4, 0.5) is 0 Å². The van der Waals surface area contributed by atoms with E-state index in [1.54, 1.807) is 0 Å². The van der Waals surface area contributed by atoms with Crippen LogP contribution in [-0.4, -0.2) is 50.3 Å². The van der Waals surface area contributed by atoms with Crippen LogP contribution < -0.4 is 5.32 Å². The summed E-state index contributed by atoms with van der Waals surface area (Å²) >= 11 is 0. The highest BCUT2D eigenvalue weighted by Crippen LogP contribution is 2.30. The van der Waals surface area contributed by atoms with Gasteiger partial charge in [-0.05, 0) is 18.1 Å². The summed E-state index contributed by atoms with van der Waals surface area (Å²) in [7, 11) is 1.82. The first-order valence-corrected chi connectivity index (χ1v) is 6.96. The van der Waals surface area contributed by atoms with Crippen molar-refractivity contribution in [2.24, 2.45) is 7.05 Å². The van der Waals surface area contributed by atoms with Crippen LogP contribution in [0, 0.1) is 0 Å². The van der Waals surface area contributed by atoms with E-state index in [1.165, 1.54) is 36.9 Å². The van der Waals surface area contributed by atoms with Gasteiger partial charge in [-0.15, -0.1) is 10.2 Å². The Labute approximate surface area is 108 Å². The molecule has 100 valence electrons. The summed E-state index contributed by atoms with van der Waals surface area (Å²) in [5.74, 6) is 0.838. The molecule has 1 N–H and O–H groups in total. The lowest BCUT2D eigenvalue weighted by atomic mass is 9.80. The molecule has 1 aromatic heterocycles. The quantitative estimate of drug-likeness (QED) is 0.819. The third-order valence-corrected chi connectivity index (χ3v) is 4.18. The first-order valence-electron chi connectivity index (χ1n) is 6.96. The summed E-state index contributed by atoms with van der Waals surface area (Å²) in [5.41, 5.74) is 0.360. The van der Waals surface area contributed by atoms with Crippen molar-refractivity contribution in [1.29, 1.82) is 0 Å². The van der Waals surface area contributed by atoms with E-state index < -0.39 is 0 Å². The molecule has 0 amide bonds. The Morgan fingerprint density at radius 3 is 2.83 bits per heavy atom. The fraction of sp³-hybridized carbons (Fsp3) is 0.917. The van der Waals surface area contributed by atoms with Crippen LogP contribution in [0.25, 0.3) is 0 Å². The van der Waals surface area contributed by atoms with Crippen LogP contribution in [0.3, 0.4) is 0 Å². The zero-order chi connectivity index (χ0) is 12.4. The van der Waals surface area contributed by atoms with E-state index in [-0.39, 0.29) is 0 Å². The molecule has 1 saturated heterocycles. The lowest BCUT2D eigenvalue weighted by Gasteiger charge is -2.45. The highest BCUT2D eigenvalue weighted by Gasteiger charge is 2.36. The van der Waals surface area contributed by atoms with E-state index in [9.17, 15) is 0 Å². The van der Waals surface area contributed by atoms with Gasteiger partial charge in [0.15, 0.2) is 5.82 Å². The van der Waals surface area contributed by atoms with Crippen molar-refractivity contribution in [3.05, 3.63) is 5.82 Å². The Hall–Kier alpha value is -1.01. The molecule has 0 radical (unpaired) electrons. The van der Waals surface area contributed by atoms with Gasteiger partial charge < -0.3 is 5.32 Å². The van der Waals surface area contributed by atoms with E-state index >= 15 is 0 Å². The van der Waals surface area contributed by atoms with Crippen molar-refractivity contribution >= 4 is 0 Å². The Morgan fingerprint density at radius 2 is 2.11 bits per heavy atom. The summed E-state index contributed by atoms with van der Waals surface area (Å²) in [6.07, 6.45) is 6.76. The minimum absolute atomic E-state index is 0.360. The van der Waals surface area contributed by atoms with Crippen LogP contribution in [0.2, 0.25) is 0 Å². The Bertz CT molecular complexity index is 390. The van der Waals surface area contributed by atoms with Gasteiger partial charge in [0.25, 0.3) is 0 Å². The predicted octanol–water partition coefficient (Wildman–Crippen LogP) is 0.318. The maximum atomic E-state index is 4.27. The molecular weight excluding hydrogens is 228 g/mol. The largest absolute Gasteiger partial charge is 0.309 e. The van der Waals surface area contributed by atoms with E-state index in [0.29, 0.717) is 5.54 Å². The Kier molecular flexibility index (Phi) is 3.30. The molecule has 3 rings (SSSR count). The maximum Gasteiger partial charge on any atom is 0.188 e. The summed E-state index contributed by atoms with van der Waals surface area (Å²) in [6, 6.07) is 0. The van der Waals surface area contributed by atoms with Gasteiger partial charge in [0, 0.05) is 25.2 Å². The van der Waals surface area contributed by atoms with Gasteiger partial charge in [0.1, 0.15) is 0 Å². The number of piperazine rings is 1. The Morgan fingerprint density at radius 1 is 1.28 bits per heavy atom. The molecule has 2 heterocycles. The maximum absolute atomic E-state index is 4.27. The molecule has 0 atom stereocenters. The highest BCUT2D eigenvalue weighted by molar-refractivity contribution is 4.97. The first kappa shape index (κ1) is 12.0. The molecule has 1 aromatic rings. The van der Waals surface area contributed by atoms with E-state index in [1.807, 2.05) is 7.05 Å². The normalized spacial score (nSPS) is 24.5. The second-order valence-corrected chi connectivity index (χ2v) is 5.67. The minimum Gasteiger partial charge on any atom is -0.309 e. The van der Waals surface area contributed by atoms with Crippen LogP contribution in [0.5, 0.6) is 0 Å². The zero-order valence-electron chi connectivity index (χ0n) is 11.1. The smallest absolute Gasteiger partial charge is 0.188 e. The molecule has 6 nitrogen and oxygen atoms in total. The van der Waals surface area contributed by atoms with Crippen LogP contribution in [-0.2, 0) is 13.6 Å². The number of nitrogens with zero attached hydrogens (tertiary/aromatic N) is 5. The monoisotopic (exact) mass is 250 g/mol. The van der Waals surface area contributed by atoms with Gasteiger partial charge in [0.05, 0.1) is 13.6 Å². The highest BCUT2D eigenvalue weighted by atomic mass is 15.6. The van der Waals surface area contributed by atoms with Gasteiger partial charge in [-0.1, -0.05) is 19.3 Å². The summed E-state index contributed by atoms with van der Waals surface area (Å²) in [6.45, 7) is 4.13. The summed E-state index contributed by atoms with van der Waals surface area (Å²) in [5, 5.41) is 16.0. The van der Waals surface area contributed by atoms with Crippen molar-refractivity contribution in [1.82, 2.24) is 30.4 Å². The van der Waals surface area contributed by atoms with Crippen molar-refractivity contribution in [2.75, 3.05) is 19.6 Å². The average Bonchev–Trinajstić information content (AvgIpc) is 2.76. The number of rotatable bonds is 2. The summed E-state index contributed by atoms with van der Waals surface area (Å²) < 4.78 is 0. The molecular formula is C12H22N6. The molecule has 2 aliphatic rings. The van der Waals surface area contributed by atoms with Gasteiger partial charge in [0.2, 0.25) is 0 Å². The number of hydrogen-bond donors (Lipinski definition) is 1. The lowest BCUT2D eigenvalue weighted by molar-refractivity contribution is 0.0926. The summed E-state index contributed by atoms with van der Waals surface area (Å²) in [4.78, 5) is 4.01. The predicted molar refractivity (Wildman–Crippen MR) is 67.9 cm³/mol. The van der Waals surface area contributed by atoms with Crippen LogP contribution >= 0.6 is 0 Å². The number of aryl methyl sites for hydroxylation is 1. The Balaban J connectivity index is 1.63. The molecule has 0 unspecified atom stereocenters. The number of hydrogen-bond acceptors (Lipinski definition) is 5. The van der Waals surface area contributed by atoms with E-state index in [4.69, 9.17) is 0 Å². The number of tetrazole rings is 1. The fourth-order valence-electron chi connectivity index (χ4n) is 3.33. The second kappa shape index (κ2) is 4.93. The molecule has 2 fully saturated rings. The van der Waals surface area contributed by atoms with Crippen molar-refractivity contribution in [2.45, 2.75) is 44.2 Å². The van der Waals surface area contributed by atoms with Crippen LogP contribution in [0.1, 0.15) is 37.9 Å². The van der Waals surface area contributed by atoms with Gasteiger partial charge in [-0.2, -0.15) is 4.80 Å². The molecule has 18 heavy (non-hydrogen) atoms. The third kappa shape index (κ3) is 2.54. The number of aromatic nitrogens is 4. The van der Waals surface area contributed by atoms with E-state index in [0.717, 1.165) is 32.0 Å². The fourth-order valence-corrected chi connectivity index (χ4v) is 3.33. The molecule has 0 aromatic carbocycles. The molecule has 0 bridgehead atoms. The minimum atomic E-state index is 0.360. The molecule has 1 saturated carbocycles. The van der Waals surface area contributed by atoms with Gasteiger partial charge in [-0.25, -0.2) is 0 Å². The van der Waals surface area contributed by atoms with E-state index in [2.05, 4.69) is 25.6 Å². The zero-order valence-corrected chi connectivity index (χ0v) is 11.1. The molecule has 6 heteroatoms. The standard InChI is InChI=1S/C12H22N6/c1-17-15-11(14-16-17)9-18-8-7-13-12(10-18)5-3-2-4-6-12/h13H,2-10H2,1H3. The third-order valence-electron chi connectivity index (χ3n) is 4.18. The van der Waals surface area contributed by atoms with Gasteiger partial charge >= 0.3 is 0 Å². The second-order valence-electron chi connectivity index (χ2n) is 5.67. The van der Waals surface area contributed by atoms with Crippen molar-refractivity contribution in [3.8, 4) is 0 Å². The van der Waals surface area contributed by atoms with Gasteiger partial charge in [-0.3, -0.25) is 4.90 Å². The topological polar surface area (TPSA) is 58.9 Å². The first-order chi connectivity index (χ1) is 8.76. The average molecular weight is 250 g/mol.